The van der Waals surface area contributed by atoms with Gasteiger partial charge in [-0.05, 0) is 11.6 Å². The van der Waals surface area contributed by atoms with Crippen LogP contribution in [0.3, 0.4) is 0 Å². The van der Waals surface area contributed by atoms with E-state index in [0.717, 1.165) is 0 Å². The number of aliphatic carboxylic acids is 1. The molecule has 1 rings (SSSR count). The topological polar surface area (TPSA) is 63.3 Å². The van der Waals surface area contributed by atoms with E-state index in [1.165, 1.54) is 6.08 Å². The van der Waals surface area contributed by atoms with E-state index < -0.39 is 5.97 Å². The third kappa shape index (κ3) is 3.15. The predicted octanol–water partition coefficient (Wildman–Crippen LogP) is 3.06. The Hall–Kier alpha value is -1.19. The molecule has 0 saturated carbocycles. The molecule has 0 aliphatic carbocycles. The molecule has 0 heterocycles. The van der Waals surface area contributed by atoms with Crippen LogP contribution in [0.1, 0.15) is 12.0 Å². The van der Waals surface area contributed by atoms with E-state index in [2.05, 4.69) is 0 Å². The molecule has 0 bridgehead atoms. The van der Waals surface area contributed by atoms with E-state index in [1.54, 1.807) is 18.2 Å². The molecule has 0 radical (unpaired) electrons. The Balaban J connectivity index is 2.92. The van der Waals surface area contributed by atoms with Gasteiger partial charge in [-0.3, -0.25) is 4.79 Å². The number of hydrogen-bond acceptors (Lipinski definition) is 2. The van der Waals surface area contributed by atoms with Crippen molar-refractivity contribution in [3.63, 3.8) is 0 Å². The highest BCUT2D eigenvalue weighted by Crippen LogP contribution is 2.31. The SMILES string of the molecule is Nc1ccc(C=CCC(=O)O)c(Cl)c1Cl. The molecule has 3 N–H and O–H groups in total. The van der Waals surface area contributed by atoms with Gasteiger partial charge in [0.15, 0.2) is 0 Å². The highest BCUT2D eigenvalue weighted by Gasteiger charge is 2.05. The molecule has 0 aromatic heterocycles. The Labute approximate surface area is 97.1 Å². The molecule has 0 unspecified atom stereocenters. The van der Waals surface area contributed by atoms with Gasteiger partial charge in [-0.1, -0.05) is 41.4 Å². The summed E-state index contributed by atoms with van der Waals surface area (Å²) in [5, 5.41) is 9.05. The number of carboxylic acids is 1. The van der Waals surface area contributed by atoms with Gasteiger partial charge < -0.3 is 10.8 Å². The first-order valence-electron chi connectivity index (χ1n) is 4.14. The van der Waals surface area contributed by atoms with Gasteiger partial charge >= 0.3 is 5.97 Å². The quantitative estimate of drug-likeness (QED) is 0.805. The number of carboxylic acid groups (broad SMARTS) is 1. The van der Waals surface area contributed by atoms with Gasteiger partial charge in [0, 0.05) is 0 Å². The van der Waals surface area contributed by atoms with Crippen molar-refractivity contribution in [1.29, 1.82) is 0 Å². The van der Waals surface area contributed by atoms with Crippen LogP contribution < -0.4 is 5.73 Å². The average molecular weight is 246 g/mol. The van der Waals surface area contributed by atoms with E-state index >= 15 is 0 Å². The maximum Gasteiger partial charge on any atom is 0.307 e. The summed E-state index contributed by atoms with van der Waals surface area (Å²) < 4.78 is 0. The second-order valence-corrected chi connectivity index (χ2v) is 3.63. The number of nitrogens with two attached hydrogens (primary N) is 1. The molecule has 1 aromatic rings. The average Bonchev–Trinajstić information content (AvgIpc) is 2.18. The molecule has 3 nitrogen and oxygen atoms in total. The Morgan fingerprint density at radius 3 is 2.67 bits per heavy atom. The second kappa shape index (κ2) is 5.05. The molecule has 0 atom stereocenters. The first-order valence-corrected chi connectivity index (χ1v) is 4.89. The fraction of sp³-hybridized carbons (Fsp3) is 0.100. The highest BCUT2D eigenvalue weighted by atomic mass is 35.5. The van der Waals surface area contributed by atoms with Gasteiger partial charge in [-0.2, -0.15) is 0 Å². The third-order valence-corrected chi connectivity index (χ3v) is 2.64. The lowest BCUT2D eigenvalue weighted by Gasteiger charge is -2.03. The Morgan fingerprint density at radius 1 is 1.40 bits per heavy atom. The molecular weight excluding hydrogens is 237 g/mol. The lowest BCUT2D eigenvalue weighted by atomic mass is 10.2. The molecule has 15 heavy (non-hydrogen) atoms. The Bertz CT molecular complexity index is 416. The summed E-state index contributed by atoms with van der Waals surface area (Å²) in [6.45, 7) is 0. The van der Waals surface area contributed by atoms with E-state index in [0.29, 0.717) is 16.3 Å². The summed E-state index contributed by atoms with van der Waals surface area (Å²) >= 11 is 11.7. The van der Waals surface area contributed by atoms with Crippen LogP contribution in [0.5, 0.6) is 0 Å². The van der Waals surface area contributed by atoms with Crippen molar-refractivity contribution in [2.24, 2.45) is 0 Å². The van der Waals surface area contributed by atoms with Crippen LogP contribution in [0.25, 0.3) is 6.08 Å². The van der Waals surface area contributed by atoms with Crippen molar-refractivity contribution in [3.05, 3.63) is 33.8 Å². The van der Waals surface area contributed by atoms with E-state index in [9.17, 15) is 4.79 Å². The first-order chi connectivity index (χ1) is 7.02. The Morgan fingerprint density at radius 2 is 2.07 bits per heavy atom. The number of hydrogen-bond donors (Lipinski definition) is 2. The van der Waals surface area contributed by atoms with Crippen LogP contribution in [0.4, 0.5) is 5.69 Å². The van der Waals surface area contributed by atoms with Gasteiger partial charge in [-0.15, -0.1) is 0 Å². The lowest BCUT2D eigenvalue weighted by Crippen LogP contribution is -1.90. The van der Waals surface area contributed by atoms with Gasteiger partial charge in [0.25, 0.3) is 0 Å². The molecule has 0 spiro atoms. The van der Waals surface area contributed by atoms with Crippen molar-refractivity contribution in [2.75, 3.05) is 5.73 Å². The number of anilines is 1. The zero-order valence-electron chi connectivity index (χ0n) is 7.71. The monoisotopic (exact) mass is 245 g/mol. The second-order valence-electron chi connectivity index (χ2n) is 2.87. The van der Waals surface area contributed by atoms with Crippen molar-refractivity contribution in [3.8, 4) is 0 Å². The largest absolute Gasteiger partial charge is 0.481 e. The smallest absolute Gasteiger partial charge is 0.307 e. The van der Waals surface area contributed by atoms with Gasteiger partial charge in [0.1, 0.15) is 0 Å². The summed E-state index contributed by atoms with van der Waals surface area (Å²) in [6.07, 6.45) is 3.04. The first kappa shape index (κ1) is 11.9. The number of carbonyl (C=O) groups is 1. The molecule has 5 heteroatoms. The van der Waals surface area contributed by atoms with Crippen LogP contribution in [0, 0.1) is 0 Å². The fourth-order valence-corrected chi connectivity index (χ4v) is 1.40. The van der Waals surface area contributed by atoms with Crippen molar-refractivity contribution in [2.45, 2.75) is 6.42 Å². The molecule has 80 valence electrons. The minimum absolute atomic E-state index is 0.0572. The third-order valence-electron chi connectivity index (χ3n) is 1.73. The number of halogens is 2. The number of rotatable bonds is 3. The maximum absolute atomic E-state index is 10.3. The molecular formula is C10H9Cl2NO2. The summed E-state index contributed by atoms with van der Waals surface area (Å²) in [6, 6.07) is 3.30. The van der Waals surface area contributed by atoms with Crippen LogP contribution >= 0.6 is 23.2 Å². The Kier molecular flexibility index (Phi) is 4.00. The standard InChI is InChI=1S/C10H9Cl2NO2/c11-9-6(2-1-3-8(14)15)4-5-7(13)10(9)12/h1-2,4-5H,3,13H2,(H,14,15). The van der Waals surface area contributed by atoms with Crippen molar-refractivity contribution < 1.29 is 9.90 Å². The van der Waals surface area contributed by atoms with Crippen LogP contribution in [-0.2, 0) is 4.79 Å². The van der Waals surface area contributed by atoms with Gasteiger partial charge in [-0.25, -0.2) is 0 Å². The summed E-state index contributed by atoms with van der Waals surface area (Å²) in [5.41, 5.74) is 6.58. The van der Waals surface area contributed by atoms with E-state index in [1.807, 2.05) is 0 Å². The zero-order chi connectivity index (χ0) is 11.4. The van der Waals surface area contributed by atoms with Crippen LogP contribution in [0.2, 0.25) is 10.0 Å². The molecule has 0 fully saturated rings. The molecule has 1 aromatic carbocycles. The van der Waals surface area contributed by atoms with E-state index in [-0.39, 0.29) is 11.4 Å². The van der Waals surface area contributed by atoms with Crippen LogP contribution in [-0.4, -0.2) is 11.1 Å². The predicted molar refractivity (Wildman–Crippen MR) is 62.2 cm³/mol. The number of benzene rings is 1. The normalized spacial score (nSPS) is 10.8. The summed E-state index contributed by atoms with van der Waals surface area (Å²) in [7, 11) is 0. The van der Waals surface area contributed by atoms with Crippen molar-refractivity contribution >= 4 is 40.9 Å². The lowest BCUT2D eigenvalue weighted by molar-refractivity contribution is -0.135. The van der Waals surface area contributed by atoms with Gasteiger partial charge in [0.05, 0.1) is 22.2 Å². The summed E-state index contributed by atoms with van der Waals surface area (Å²) in [4.78, 5) is 10.3. The van der Waals surface area contributed by atoms with Crippen LogP contribution in [0.15, 0.2) is 18.2 Å². The minimum atomic E-state index is -0.899. The van der Waals surface area contributed by atoms with E-state index in [4.69, 9.17) is 34.0 Å². The molecule has 0 aliphatic heterocycles. The van der Waals surface area contributed by atoms with Crippen molar-refractivity contribution in [1.82, 2.24) is 0 Å². The minimum Gasteiger partial charge on any atom is -0.481 e. The maximum atomic E-state index is 10.3. The van der Waals surface area contributed by atoms with Gasteiger partial charge in [0.2, 0.25) is 0 Å². The molecule has 0 amide bonds. The summed E-state index contributed by atoms with van der Waals surface area (Å²) in [5.74, 6) is -0.899. The molecule has 0 saturated heterocycles. The zero-order valence-corrected chi connectivity index (χ0v) is 9.22. The number of nitrogen functional groups attached to an aromatic ring is 1. The highest BCUT2D eigenvalue weighted by molar-refractivity contribution is 6.44. The fourth-order valence-electron chi connectivity index (χ4n) is 0.995. The molecule has 0 aliphatic rings.